The molecule has 0 unspecified atom stereocenters. The SMILES string of the molecule is CCc1nn(-c2ccc(C)cc2Br)cc1C(=O)O. The van der Waals surface area contributed by atoms with Crippen LogP contribution in [0.3, 0.4) is 0 Å². The molecule has 0 atom stereocenters. The van der Waals surface area contributed by atoms with Crippen molar-refractivity contribution in [1.29, 1.82) is 0 Å². The third-order valence-corrected chi connectivity index (χ3v) is 3.34. The van der Waals surface area contributed by atoms with Crippen molar-refractivity contribution in [2.75, 3.05) is 0 Å². The molecule has 0 radical (unpaired) electrons. The Bertz CT molecular complexity index is 605. The minimum absolute atomic E-state index is 0.255. The van der Waals surface area contributed by atoms with Crippen molar-refractivity contribution in [3.8, 4) is 5.69 Å². The third-order valence-electron chi connectivity index (χ3n) is 2.71. The molecule has 1 heterocycles. The molecule has 0 amide bonds. The highest BCUT2D eigenvalue weighted by Gasteiger charge is 2.15. The van der Waals surface area contributed by atoms with Crippen LogP contribution in [-0.4, -0.2) is 20.9 Å². The second kappa shape index (κ2) is 4.94. The van der Waals surface area contributed by atoms with Crippen molar-refractivity contribution in [3.63, 3.8) is 0 Å². The van der Waals surface area contributed by atoms with Gasteiger partial charge < -0.3 is 5.11 Å². The maximum Gasteiger partial charge on any atom is 0.339 e. The van der Waals surface area contributed by atoms with E-state index in [0.717, 1.165) is 15.7 Å². The highest BCUT2D eigenvalue weighted by Crippen LogP contribution is 2.23. The highest BCUT2D eigenvalue weighted by atomic mass is 79.9. The predicted octanol–water partition coefficient (Wildman–Crippen LogP) is 3.20. The van der Waals surface area contributed by atoms with E-state index in [1.807, 2.05) is 32.0 Å². The summed E-state index contributed by atoms with van der Waals surface area (Å²) in [6.45, 7) is 3.89. The van der Waals surface area contributed by atoms with Crippen LogP contribution in [-0.2, 0) is 6.42 Å². The Morgan fingerprint density at radius 3 is 2.72 bits per heavy atom. The molecule has 1 aromatic heterocycles. The summed E-state index contributed by atoms with van der Waals surface area (Å²) in [5.74, 6) is -0.943. The number of aromatic carboxylic acids is 1. The molecule has 0 fully saturated rings. The van der Waals surface area contributed by atoms with Gasteiger partial charge in [-0.1, -0.05) is 13.0 Å². The monoisotopic (exact) mass is 308 g/mol. The first-order valence-corrected chi connectivity index (χ1v) is 6.40. The van der Waals surface area contributed by atoms with E-state index in [1.54, 1.807) is 10.9 Å². The number of carboxylic acids is 1. The fourth-order valence-corrected chi connectivity index (χ4v) is 2.45. The van der Waals surface area contributed by atoms with Crippen LogP contribution in [0.1, 0.15) is 28.5 Å². The number of nitrogens with zero attached hydrogens (tertiary/aromatic N) is 2. The van der Waals surface area contributed by atoms with Gasteiger partial charge in [-0.25, -0.2) is 9.48 Å². The van der Waals surface area contributed by atoms with Crippen molar-refractivity contribution in [2.45, 2.75) is 20.3 Å². The molecular weight excluding hydrogens is 296 g/mol. The zero-order valence-electron chi connectivity index (χ0n) is 10.1. The summed E-state index contributed by atoms with van der Waals surface area (Å²) in [5.41, 5.74) is 2.81. The van der Waals surface area contributed by atoms with Crippen molar-refractivity contribution >= 4 is 21.9 Å². The number of aromatic nitrogens is 2. The molecule has 1 aromatic carbocycles. The maximum absolute atomic E-state index is 11.1. The predicted molar refractivity (Wildman–Crippen MR) is 72.3 cm³/mol. The number of rotatable bonds is 3. The van der Waals surface area contributed by atoms with Crippen LogP contribution in [0.25, 0.3) is 5.69 Å². The van der Waals surface area contributed by atoms with Gasteiger partial charge in [-0.15, -0.1) is 0 Å². The quantitative estimate of drug-likeness (QED) is 0.947. The fraction of sp³-hybridized carbons (Fsp3) is 0.231. The number of carboxylic acid groups (broad SMARTS) is 1. The summed E-state index contributed by atoms with van der Waals surface area (Å²) in [4.78, 5) is 11.1. The summed E-state index contributed by atoms with van der Waals surface area (Å²) in [6, 6.07) is 5.86. The van der Waals surface area contributed by atoms with Gasteiger partial charge in [-0.2, -0.15) is 5.10 Å². The minimum atomic E-state index is -0.943. The summed E-state index contributed by atoms with van der Waals surface area (Å²) < 4.78 is 2.50. The molecule has 4 nitrogen and oxygen atoms in total. The Balaban J connectivity index is 2.54. The third kappa shape index (κ3) is 2.31. The molecule has 0 aliphatic heterocycles. The Kier molecular flexibility index (Phi) is 3.52. The number of hydrogen-bond donors (Lipinski definition) is 1. The molecule has 18 heavy (non-hydrogen) atoms. The summed E-state index contributed by atoms with van der Waals surface area (Å²) in [6.07, 6.45) is 2.15. The first-order valence-electron chi connectivity index (χ1n) is 5.61. The van der Waals surface area contributed by atoms with Crippen molar-refractivity contribution in [2.24, 2.45) is 0 Å². The molecule has 0 aliphatic carbocycles. The molecule has 2 rings (SSSR count). The second-order valence-corrected chi connectivity index (χ2v) is 4.90. The molecule has 0 spiro atoms. The molecule has 94 valence electrons. The molecular formula is C13H13BrN2O2. The van der Waals surface area contributed by atoms with Crippen LogP contribution in [0.4, 0.5) is 0 Å². The van der Waals surface area contributed by atoms with Gasteiger partial charge in [0.15, 0.2) is 0 Å². The molecule has 1 N–H and O–H groups in total. The van der Waals surface area contributed by atoms with Gasteiger partial charge in [-0.05, 0) is 47.0 Å². The van der Waals surface area contributed by atoms with Crippen molar-refractivity contribution in [3.05, 3.63) is 45.7 Å². The van der Waals surface area contributed by atoms with E-state index in [1.165, 1.54) is 0 Å². The van der Waals surface area contributed by atoms with Crippen LogP contribution in [0, 0.1) is 6.92 Å². The number of benzene rings is 1. The number of carbonyl (C=O) groups is 1. The van der Waals surface area contributed by atoms with Crippen LogP contribution in [0.15, 0.2) is 28.9 Å². The molecule has 0 bridgehead atoms. The van der Waals surface area contributed by atoms with E-state index < -0.39 is 5.97 Å². The van der Waals surface area contributed by atoms with Crippen molar-refractivity contribution < 1.29 is 9.90 Å². The smallest absolute Gasteiger partial charge is 0.339 e. The van der Waals surface area contributed by atoms with E-state index in [-0.39, 0.29) is 5.56 Å². The van der Waals surface area contributed by atoms with Crippen LogP contribution in [0.2, 0.25) is 0 Å². The van der Waals surface area contributed by atoms with Crippen molar-refractivity contribution in [1.82, 2.24) is 9.78 Å². The summed E-state index contributed by atoms with van der Waals surface area (Å²) in [7, 11) is 0. The molecule has 5 heteroatoms. The molecule has 0 saturated carbocycles. The summed E-state index contributed by atoms with van der Waals surface area (Å²) in [5, 5.41) is 13.4. The standard InChI is InChI=1S/C13H13BrN2O2/c1-3-11-9(13(17)18)7-16(15-11)12-5-4-8(2)6-10(12)14/h4-7H,3H2,1-2H3,(H,17,18). The average Bonchev–Trinajstić information content (AvgIpc) is 2.73. The molecule has 0 saturated heterocycles. The largest absolute Gasteiger partial charge is 0.478 e. The van der Waals surface area contributed by atoms with Crippen LogP contribution < -0.4 is 0 Å². The van der Waals surface area contributed by atoms with E-state index >= 15 is 0 Å². The number of halogens is 1. The number of hydrogen-bond acceptors (Lipinski definition) is 2. The van der Waals surface area contributed by atoms with E-state index in [2.05, 4.69) is 21.0 Å². The van der Waals surface area contributed by atoms with Gasteiger partial charge in [-0.3, -0.25) is 0 Å². The van der Waals surface area contributed by atoms with Gasteiger partial charge >= 0.3 is 5.97 Å². The van der Waals surface area contributed by atoms with E-state index in [4.69, 9.17) is 5.11 Å². The number of aryl methyl sites for hydroxylation is 2. The Morgan fingerprint density at radius 1 is 1.50 bits per heavy atom. The molecule has 0 aliphatic rings. The van der Waals surface area contributed by atoms with Crippen LogP contribution >= 0.6 is 15.9 Å². The van der Waals surface area contributed by atoms with Crippen LogP contribution in [0.5, 0.6) is 0 Å². The lowest BCUT2D eigenvalue weighted by molar-refractivity contribution is 0.0695. The zero-order valence-corrected chi connectivity index (χ0v) is 11.7. The Morgan fingerprint density at radius 2 is 2.22 bits per heavy atom. The Hall–Kier alpha value is -1.62. The first-order chi connectivity index (χ1) is 8.52. The minimum Gasteiger partial charge on any atom is -0.478 e. The first kappa shape index (κ1) is 12.8. The van der Waals surface area contributed by atoms with Gasteiger partial charge in [0.1, 0.15) is 5.56 Å². The van der Waals surface area contributed by atoms with E-state index in [9.17, 15) is 4.79 Å². The highest BCUT2D eigenvalue weighted by molar-refractivity contribution is 9.10. The Labute approximate surface area is 113 Å². The lowest BCUT2D eigenvalue weighted by atomic mass is 10.2. The van der Waals surface area contributed by atoms with E-state index in [0.29, 0.717) is 12.1 Å². The molecule has 2 aromatic rings. The fourth-order valence-electron chi connectivity index (χ4n) is 1.77. The maximum atomic E-state index is 11.1. The lowest BCUT2D eigenvalue weighted by Crippen LogP contribution is -1.98. The van der Waals surface area contributed by atoms with Gasteiger partial charge in [0.05, 0.1) is 11.4 Å². The lowest BCUT2D eigenvalue weighted by Gasteiger charge is -2.05. The topological polar surface area (TPSA) is 55.1 Å². The summed E-state index contributed by atoms with van der Waals surface area (Å²) >= 11 is 3.47. The van der Waals surface area contributed by atoms with Gasteiger partial charge in [0.2, 0.25) is 0 Å². The van der Waals surface area contributed by atoms with Gasteiger partial charge in [0.25, 0.3) is 0 Å². The normalized spacial score (nSPS) is 10.6. The average molecular weight is 309 g/mol. The zero-order chi connectivity index (χ0) is 13.3. The second-order valence-electron chi connectivity index (χ2n) is 4.05. The van der Waals surface area contributed by atoms with Gasteiger partial charge in [0, 0.05) is 10.7 Å².